The molecule has 144 valence electrons. The van der Waals surface area contributed by atoms with E-state index in [1.165, 1.54) is 5.39 Å². The number of aromatic nitrogens is 2. The summed E-state index contributed by atoms with van der Waals surface area (Å²) >= 11 is 0. The first kappa shape index (κ1) is 18.4. The van der Waals surface area contributed by atoms with Gasteiger partial charge in [0.2, 0.25) is 11.8 Å². The molecule has 0 radical (unpaired) electrons. The maximum Gasteiger partial charge on any atom is 0.227 e. The highest BCUT2D eigenvalue weighted by Crippen LogP contribution is 2.22. The van der Waals surface area contributed by atoms with E-state index in [9.17, 15) is 4.79 Å². The Morgan fingerprint density at radius 3 is 2.61 bits per heavy atom. The highest BCUT2D eigenvalue weighted by Gasteiger charge is 2.24. The van der Waals surface area contributed by atoms with Gasteiger partial charge in [0.15, 0.2) is 0 Å². The zero-order valence-electron chi connectivity index (χ0n) is 16.4. The van der Waals surface area contributed by atoms with Gasteiger partial charge in [0.1, 0.15) is 11.9 Å². The number of fused-ring (bicyclic) bond motifs is 1. The second kappa shape index (κ2) is 7.97. The molecule has 1 aliphatic heterocycles. The smallest absolute Gasteiger partial charge is 0.227 e. The molecule has 2 aromatic carbocycles. The van der Waals surface area contributed by atoms with Crippen LogP contribution in [0.15, 0.2) is 48.5 Å². The molecule has 1 saturated heterocycles. The lowest BCUT2D eigenvalue weighted by atomic mass is 10.0. The third kappa shape index (κ3) is 4.14. The average molecular weight is 375 g/mol. The highest BCUT2D eigenvalue weighted by atomic mass is 16.5. The van der Waals surface area contributed by atoms with E-state index in [2.05, 4.69) is 34.2 Å². The number of amides is 1. The molecule has 0 N–H and O–H groups in total. The first-order valence-electron chi connectivity index (χ1n) is 9.82. The lowest BCUT2D eigenvalue weighted by molar-refractivity contribution is -0.132. The Labute approximate surface area is 165 Å². The van der Waals surface area contributed by atoms with Crippen LogP contribution >= 0.6 is 0 Å². The van der Waals surface area contributed by atoms with E-state index in [1.54, 1.807) is 0 Å². The van der Waals surface area contributed by atoms with Crippen molar-refractivity contribution in [2.45, 2.75) is 39.2 Å². The molecule has 3 aromatic rings. The van der Waals surface area contributed by atoms with Crippen LogP contribution < -0.4 is 4.74 Å². The predicted octanol–water partition coefficient (Wildman–Crippen LogP) is 3.86. The first-order valence-corrected chi connectivity index (χ1v) is 9.82. The van der Waals surface area contributed by atoms with Gasteiger partial charge < -0.3 is 9.64 Å². The van der Waals surface area contributed by atoms with Crippen LogP contribution in [-0.4, -0.2) is 40.0 Å². The molecule has 5 nitrogen and oxygen atoms in total. The molecule has 28 heavy (non-hydrogen) atoms. The minimum absolute atomic E-state index is 0.0929. The topological polar surface area (TPSA) is 55.3 Å². The minimum atomic E-state index is 0.0929. The number of nitrogens with zero attached hydrogens (tertiary/aromatic N) is 3. The Balaban J connectivity index is 1.36. The van der Waals surface area contributed by atoms with Gasteiger partial charge in [-0.15, -0.1) is 0 Å². The van der Waals surface area contributed by atoms with Crippen molar-refractivity contribution in [3.05, 3.63) is 65.6 Å². The van der Waals surface area contributed by atoms with Crippen LogP contribution in [-0.2, 0) is 11.2 Å². The number of piperidine rings is 1. The number of benzene rings is 2. The maximum absolute atomic E-state index is 12.8. The second-order valence-corrected chi connectivity index (χ2v) is 7.41. The monoisotopic (exact) mass is 375 g/mol. The number of ether oxygens (including phenoxy) is 1. The minimum Gasteiger partial charge on any atom is -0.474 e. The van der Waals surface area contributed by atoms with Crippen molar-refractivity contribution in [3.8, 4) is 5.88 Å². The number of likely N-dealkylation sites (tertiary alicyclic amines) is 1. The summed E-state index contributed by atoms with van der Waals surface area (Å²) in [4.78, 5) is 23.4. The molecule has 0 saturated carbocycles. The normalized spacial score (nSPS) is 15.0. The molecule has 0 aliphatic carbocycles. The quantitative estimate of drug-likeness (QED) is 0.695. The fraction of sp³-hybridized carbons (Fsp3) is 0.348. The zero-order valence-corrected chi connectivity index (χ0v) is 16.4. The number of aryl methyl sites for hydroxylation is 2. The Hall–Kier alpha value is -2.95. The summed E-state index contributed by atoms with van der Waals surface area (Å²) in [6.45, 7) is 5.25. The molecular weight excluding hydrogens is 350 g/mol. The number of carbonyl (C=O) groups excluding carboxylic acids is 1. The summed E-state index contributed by atoms with van der Waals surface area (Å²) in [5, 5.41) is 2.33. The van der Waals surface area contributed by atoms with Gasteiger partial charge in [0, 0.05) is 37.7 Å². The van der Waals surface area contributed by atoms with Gasteiger partial charge in [0.05, 0.1) is 6.42 Å². The molecule has 0 unspecified atom stereocenters. The van der Waals surface area contributed by atoms with Crippen molar-refractivity contribution < 1.29 is 9.53 Å². The number of hydrogen-bond acceptors (Lipinski definition) is 4. The molecular formula is C23H25N3O2. The van der Waals surface area contributed by atoms with Gasteiger partial charge >= 0.3 is 0 Å². The van der Waals surface area contributed by atoms with Crippen LogP contribution in [0.2, 0.25) is 0 Å². The standard InChI is InChI=1S/C23H25N3O2/c1-16-14-22(25-17(2)24-16)28-20-10-12-26(13-11-20)23(27)15-19-8-5-7-18-6-3-4-9-21(18)19/h3-9,14,20H,10-13,15H2,1-2H3. The van der Waals surface area contributed by atoms with Crippen LogP contribution in [0.5, 0.6) is 5.88 Å². The van der Waals surface area contributed by atoms with Crippen molar-refractivity contribution in [1.29, 1.82) is 0 Å². The van der Waals surface area contributed by atoms with Gasteiger partial charge in [0.25, 0.3) is 0 Å². The molecule has 0 atom stereocenters. The Morgan fingerprint density at radius 1 is 1.07 bits per heavy atom. The SMILES string of the molecule is Cc1cc(OC2CCN(C(=O)Cc3cccc4ccccc34)CC2)nc(C)n1. The molecule has 2 heterocycles. The lowest BCUT2D eigenvalue weighted by Gasteiger charge is -2.32. The summed E-state index contributed by atoms with van der Waals surface area (Å²) in [6, 6.07) is 16.3. The van der Waals surface area contributed by atoms with E-state index in [0.717, 1.165) is 48.4 Å². The van der Waals surface area contributed by atoms with Gasteiger partial charge in [-0.05, 0) is 30.2 Å². The first-order chi connectivity index (χ1) is 13.6. The molecule has 5 heteroatoms. The molecule has 0 spiro atoms. The Bertz CT molecular complexity index is 969. The van der Waals surface area contributed by atoms with Crippen LogP contribution in [0.4, 0.5) is 0 Å². The van der Waals surface area contributed by atoms with E-state index in [4.69, 9.17) is 4.74 Å². The fourth-order valence-electron chi connectivity index (χ4n) is 3.86. The van der Waals surface area contributed by atoms with Crippen molar-refractivity contribution in [2.24, 2.45) is 0 Å². The van der Waals surface area contributed by atoms with E-state index >= 15 is 0 Å². The predicted molar refractivity (Wildman–Crippen MR) is 109 cm³/mol. The van der Waals surface area contributed by atoms with E-state index in [-0.39, 0.29) is 12.0 Å². The molecule has 1 aliphatic rings. The van der Waals surface area contributed by atoms with Crippen molar-refractivity contribution in [2.75, 3.05) is 13.1 Å². The molecule has 0 bridgehead atoms. The molecule has 1 fully saturated rings. The van der Waals surface area contributed by atoms with E-state index in [1.807, 2.05) is 43.0 Å². The van der Waals surface area contributed by atoms with Crippen LogP contribution in [0.3, 0.4) is 0 Å². The third-order valence-electron chi connectivity index (χ3n) is 5.25. The largest absolute Gasteiger partial charge is 0.474 e. The van der Waals surface area contributed by atoms with Gasteiger partial charge in [-0.3, -0.25) is 4.79 Å². The van der Waals surface area contributed by atoms with Crippen LogP contribution in [0.25, 0.3) is 10.8 Å². The summed E-state index contributed by atoms with van der Waals surface area (Å²) in [5.41, 5.74) is 2.00. The Kier molecular flexibility index (Phi) is 5.24. The zero-order chi connectivity index (χ0) is 19.5. The van der Waals surface area contributed by atoms with Gasteiger partial charge in [-0.1, -0.05) is 42.5 Å². The number of hydrogen-bond donors (Lipinski definition) is 0. The average Bonchev–Trinajstić information content (AvgIpc) is 2.68. The lowest BCUT2D eigenvalue weighted by Crippen LogP contribution is -2.42. The number of rotatable bonds is 4. The molecule has 4 rings (SSSR count). The maximum atomic E-state index is 12.8. The summed E-state index contributed by atoms with van der Waals surface area (Å²) in [6.07, 6.45) is 2.18. The van der Waals surface area contributed by atoms with Gasteiger partial charge in [-0.25, -0.2) is 4.98 Å². The van der Waals surface area contributed by atoms with Crippen molar-refractivity contribution in [3.63, 3.8) is 0 Å². The highest BCUT2D eigenvalue weighted by molar-refractivity contribution is 5.90. The van der Waals surface area contributed by atoms with E-state index < -0.39 is 0 Å². The summed E-state index contributed by atoms with van der Waals surface area (Å²) in [5.74, 6) is 1.53. The van der Waals surface area contributed by atoms with Crippen molar-refractivity contribution >= 4 is 16.7 Å². The number of carbonyl (C=O) groups is 1. The van der Waals surface area contributed by atoms with Crippen LogP contribution in [0, 0.1) is 13.8 Å². The third-order valence-corrected chi connectivity index (χ3v) is 5.25. The van der Waals surface area contributed by atoms with E-state index in [0.29, 0.717) is 12.3 Å². The van der Waals surface area contributed by atoms with Crippen molar-refractivity contribution in [1.82, 2.24) is 14.9 Å². The second-order valence-electron chi connectivity index (χ2n) is 7.41. The van der Waals surface area contributed by atoms with Crippen LogP contribution in [0.1, 0.15) is 29.9 Å². The van der Waals surface area contributed by atoms with Gasteiger partial charge in [-0.2, -0.15) is 4.98 Å². The summed E-state index contributed by atoms with van der Waals surface area (Å²) < 4.78 is 6.03. The fourth-order valence-corrected chi connectivity index (χ4v) is 3.86. The molecule has 1 aromatic heterocycles. The summed E-state index contributed by atoms with van der Waals surface area (Å²) in [7, 11) is 0. The molecule has 1 amide bonds. The Morgan fingerprint density at radius 2 is 1.82 bits per heavy atom.